The first-order valence-corrected chi connectivity index (χ1v) is 20.9. The molecule has 0 amide bonds. The molecule has 2 nitrogen and oxygen atoms in total. The molecule has 2 aliphatic heterocycles. The molecule has 3 aromatic heterocycles. The molecule has 0 unspecified atom stereocenters. The zero-order valence-electron chi connectivity index (χ0n) is 28.8. The van der Waals surface area contributed by atoms with E-state index in [0.29, 0.717) is 5.27 Å². The third kappa shape index (κ3) is 3.85. The van der Waals surface area contributed by atoms with Crippen molar-refractivity contribution in [2.75, 3.05) is 0 Å². The number of para-hydroxylation sites is 3. The lowest BCUT2D eigenvalue weighted by molar-refractivity contribution is 1.18. The molecule has 0 bridgehead atoms. The first-order valence-electron chi connectivity index (χ1n) is 18.4. The fourth-order valence-corrected chi connectivity index (χ4v) is 13.6. The summed E-state index contributed by atoms with van der Waals surface area (Å²) in [4.78, 5) is 2.71. The summed E-state index contributed by atoms with van der Waals surface area (Å²) in [6.45, 7) is 0. The van der Waals surface area contributed by atoms with E-state index in [-0.39, 0.29) is 0 Å². The summed E-state index contributed by atoms with van der Waals surface area (Å²) in [6.07, 6.45) is 0. The molecule has 0 saturated carbocycles. The lowest BCUT2D eigenvalue weighted by Crippen LogP contribution is -2.33. The number of hydrogen-bond donors (Lipinski definition) is 0. The van der Waals surface area contributed by atoms with E-state index in [1.165, 1.54) is 113 Å². The monoisotopic (exact) mass is 738 g/mol. The van der Waals surface area contributed by atoms with Gasteiger partial charge >= 0.3 is 5.27 Å². The van der Waals surface area contributed by atoms with Crippen LogP contribution in [0.25, 0.3) is 97.4 Å². The fraction of sp³-hybridized carbons (Fsp3) is 0. The molecule has 0 atom stereocenters. The quantitative estimate of drug-likeness (QED) is 0.163. The average Bonchev–Trinajstić information content (AvgIpc) is 3.89. The molecule has 2 aliphatic rings. The molecule has 0 N–H and O–H groups in total. The van der Waals surface area contributed by atoms with Crippen LogP contribution >= 0.6 is 34.6 Å². The Morgan fingerprint density at radius 2 is 0.926 bits per heavy atom. The standard InChI is InChI=1S/C48H27BN2S3/c1-2-14-28(15-3-1)50-37-21-9-4-18-32(37)42-43-33-19-5-10-22-38(33)51(47(43)48-44(46(42)50)34-20-8-11-23-39(34)52-48)29-26-35-30-16-6-12-24-40(30)53-49-45(35)36(27-29)31-17-7-13-25-41(31)54-49/h1-27H. The SMILES string of the molecule is c1ccc(-n2c3ccccc3c3c4c5ccccc5n(-c5cc6c7c(c5)-c5ccccc5SB7Sc5ccccc5-6)c4c4sc5ccccc5c4c32)cc1. The maximum absolute atomic E-state index is 2.61. The molecule has 5 heterocycles. The van der Waals surface area contributed by atoms with Crippen LogP contribution in [0.5, 0.6) is 0 Å². The number of thiophene rings is 1. The van der Waals surface area contributed by atoms with Gasteiger partial charge in [0.05, 0.1) is 26.8 Å². The Kier molecular flexibility index (Phi) is 6.04. The maximum atomic E-state index is 2.61. The third-order valence-corrected chi connectivity index (χ3v) is 15.4. The Labute approximate surface area is 323 Å². The van der Waals surface area contributed by atoms with Gasteiger partial charge in [-0.05, 0) is 82.3 Å². The largest absolute Gasteiger partial charge is 0.318 e. The summed E-state index contributed by atoms with van der Waals surface area (Å²) >= 11 is 5.93. The number of aromatic nitrogens is 2. The van der Waals surface area contributed by atoms with Gasteiger partial charge in [-0.2, -0.15) is 23.2 Å². The minimum absolute atomic E-state index is 0.310. The van der Waals surface area contributed by atoms with Crippen molar-refractivity contribution in [2.45, 2.75) is 9.79 Å². The Balaban J connectivity index is 1.28. The molecule has 8 aromatic carbocycles. The van der Waals surface area contributed by atoms with Crippen LogP contribution in [0.2, 0.25) is 0 Å². The smallest absolute Gasteiger partial charge is 0.309 e. The highest BCUT2D eigenvalue weighted by molar-refractivity contribution is 8.56. The molecule has 13 rings (SSSR count). The van der Waals surface area contributed by atoms with E-state index < -0.39 is 0 Å². The topological polar surface area (TPSA) is 9.86 Å². The van der Waals surface area contributed by atoms with Gasteiger partial charge in [0.25, 0.3) is 0 Å². The third-order valence-electron chi connectivity index (χ3n) is 11.5. The van der Waals surface area contributed by atoms with E-state index in [9.17, 15) is 0 Å². The molecule has 0 spiro atoms. The number of fused-ring (bicyclic) bond motifs is 16. The van der Waals surface area contributed by atoms with Crippen molar-refractivity contribution in [1.29, 1.82) is 0 Å². The van der Waals surface area contributed by atoms with E-state index >= 15 is 0 Å². The van der Waals surface area contributed by atoms with E-state index in [1.54, 1.807) is 0 Å². The van der Waals surface area contributed by atoms with Gasteiger partial charge in [-0.25, -0.2) is 0 Å². The van der Waals surface area contributed by atoms with Crippen molar-refractivity contribution in [1.82, 2.24) is 9.13 Å². The van der Waals surface area contributed by atoms with Crippen LogP contribution in [-0.2, 0) is 0 Å². The molecule has 0 fully saturated rings. The average molecular weight is 739 g/mol. The van der Waals surface area contributed by atoms with Gasteiger partial charge < -0.3 is 9.13 Å². The van der Waals surface area contributed by atoms with Gasteiger partial charge in [0.15, 0.2) is 0 Å². The van der Waals surface area contributed by atoms with E-state index in [2.05, 4.69) is 173 Å². The van der Waals surface area contributed by atoms with Crippen molar-refractivity contribution in [3.63, 3.8) is 0 Å². The Hall–Kier alpha value is -5.66. The van der Waals surface area contributed by atoms with Gasteiger partial charge in [-0.3, -0.25) is 0 Å². The number of benzene rings is 8. The summed E-state index contributed by atoms with van der Waals surface area (Å²) in [6, 6.07) is 61.1. The van der Waals surface area contributed by atoms with Crippen molar-refractivity contribution < 1.29 is 0 Å². The zero-order chi connectivity index (χ0) is 35.1. The minimum Gasteiger partial charge on any atom is -0.309 e. The van der Waals surface area contributed by atoms with Crippen molar-refractivity contribution >= 4 is 109 Å². The minimum atomic E-state index is 0.310. The molecule has 250 valence electrons. The van der Waals surface area contributed by atoms with Crippen LogP contribution in [0.3, 0.4) is 0 Å². The van der Waals surface area contributed by atoms with E-state index in [0.717, 1.165) is 0 Å². The summed E-state index contributed by atoms with van der Waals surface area (Å²) < 4.78 is 7.76. The first kappa shape index (κ1) is 29.8. The second-order valence-electron chi connectivity index (χ2n) is 14.3. The summed E-state index contributed by atoms with van der Waals surface area (Å²) in [5.41, 5.74) is 14.2. The van der Waals surface area contributed by atoms with Crippen molar-refractivity contribution in [3.05, 3.63) is 164 Å². The van der Waals surface area contributed by atoms with Crippen LogP contribution < -0.4 is 5.46 Å². The normalized spacial score (nSPS) is 13.4. The van der Waals surface area contributed by atoms with Crippen molar-refractivity contribution in [2.24, 2.45) is 0 Å². The summed E-state index contributed by atoms with van der Waals surface area (Å²) in [7, 11) is 0. The molecule has 0 saturated heterocycles. The highest BCUT2D eigenvalue weighted by Gasteiger charge is 2.37. The van der Waals surface area contributed by atoms with Crippen LogP contribution in [0.4, 0.5) is 0 Å². The number of hydrogen-bond acceptors (Lipinski definition) is 3. The van der Waals surface area contributed by atoms with Crippen molar-refractivity contribution in [3.8, 4) is 33.6 Å². The Bertz CT molecular complexity index is 3340. The van der Waals surface area contributed by atoms with E-state index in [1.807, 2.05) is 34.6 Å². The summed E-state index contributed by atoms with van der Waals surface area (Å²) in [5, 5.41) is 8.14. The highest BCUT2D eigenvalue weighted by atomic mass is 32.2. The highest BCUT2D eigenvalue weighted by Crippen LogP contribution is 2.53. The Morgan fingerprint density at radius 3 is 1.59 bits per heavy atom. The zero-order valence-corrected chi connectivity index (χ0v) is 31.2. The fourth-order valence-electron chi connectivity index (χ4n) is 9.42. The molecule has 54 heavy (non-hydrogen) atoms. The number of nitrogens with zero attached hydrogens (tertiary/aromatic N) is 2. The maximum Gasteiger partial charge on any atom is 0.318 e. The van der Waals surface area contributed by atoms with Crippen LogP contribution in [0, 0.1) is 0 Å². The van der Waals surface area contributed by atoms with Gasteiger partial charge in [0.2, 0.25) is 0 Å². The Morgan fingerprint density at radius 1 is 0.407 bits per heavy atom. The van der Waals surface area contributed by atoms with Crippen LogP contribution in [0.1, 0.15) is 0 Å². The second-order valence-corrected chi connectivity index (χ2v) is 17.9. The van der Waals surface area contributed by atoms with Gasteiger partial charge in [0.1, 0.15) is 0 Å². The summed E-state index contributed by atoms with van der Waals surface area (Å²) in [5.74, 6) is 0. The molecule has 0 radical (unpaired) electrons. The van der Waals surface area contributed by atoms with Gasteiger partial charge in [-0.1, -0.05) is 109 Å². The second kappa shape index (κ2) is 11.0. The molecule has 11 aromatic rings. The van der Waals surface area contributed by atoms with Crippen LogP contribution in [0.15, 0.2) is 174 Å². The molecular weight excluding hydrogens is 712 g/mol. The number of rotatable bonds is 2. The van der Waals surface area contributed by atoms with Gasteiger partial charge in [-0.15, -0.1) is 11.3 Å². The predicted molar refractivity (Wildman–Crippen MR) is 236 cm³/mol. The van der Waals surface area contributed by atoms with Gasteiger partial charge in [0, 0.05) is 58.2 Å². The van der Waals surface area contributed by atoms with Crippen LogP contribution in [-0.4, -0.2) is 14.4 Å². The molecular formula is C48H27BN2S3. The molecule has 6 heteroatoms. The molecule has 0 aliphatic carbocycles. The lowest BCUT2D eigenvalue weighted by atomic mass is 9.77. The lowest BCUT2D eigenvalue weighted by Gasteiger charge is -2.32. The predicted octanol–water partition coefficient (Wildman–Crippen LogP) is 13.5. The first-order chi connectivity index (χ1) is 26.8. The van der Waals surface area contributed by atoms with E-state index in [4.69, 9.17) is 0 Å².